The Labute approximate surface area is 155 Å². The normalized spacial score (nSPS) is 12.4. The number of nitrogens with zero attached hydrogens (tertiary/aromatic N) is 1. The predicted octanol–water partition coefficient (Wildman–Crippen LogP) is 3.28. The van der Waals surface area contributed by atoms with E-state index >= 15 is 0 Å². The van der Waals surface area contributed by atoms with Crippen LogP contribution in [0.25, 0.3) is 22.6 Å². The maximum absolute atomic E-state index is 12.0. The largest absolute Gasteiger partial charge is 0.436 e. The monoisotopic (exact) mass is 415 g/mol. The van der Waals surface area contributed by atoms with Gasteiger partial charge in [-0.1, -0.05) is 18.5 Å². The van der Waals surface area contributed by atoms with E-state index in [0.29, 0.717) is 11.1 Å². The highest BCUT2D eigenvalue weighted by Crippen LogP contribution is 2.35. The molecule has 0 unspecified atom stereocenters. The molecule has 0 aliphatic carbocycles. The van der Waals surface area contributed by atoms with E-state index in [1.54, 1.807) is 6.92 Å². The van der Waals surface area contributed by atoms with E-state index in [1.807, 2.05) is 0 Å². The van der Waals surface area contributed by atoms with Crippen molar-refractivity contribution in [2.24, 2.45) is 0 Å². The Balaban J connectivity index is 2.15. The summed E-state index contributed by atoms with van der Waals surface area (Å²) in [5, 5.41) is 0.278. The van der Waals surface area contributed by atoms with Gasteiger partial charge in [-0.15, -0.1) is 0 Å². The van der Waals surface area contributed by atoms with Crippen LogP contribution >= 0.6 is 11.6 Å². The van der Waals surface area contributed by atoms with Crippen LogP contribution in [0.3, 0.4) is 0 Å². The fraction of sp³-hybridized carbons (Fsp3) is 0.188. The summed E-state index contributed by atoms with van der Waals surface area (Å²) in [5.74, 6) is 0.0153. The molecule has 0 aliphatic rings. The van der Waals surface area contributed by atoms with Gasteiger partial charge in [0, 0.05) is 11.1 Å². The second-order valence-electron chi connectivity index (χ2n) is 5.48. The zero-order valence-electron chi connectivity index (χ0n) is 13.8. The van der Waals surface area contributed by atoms with Gasteiger partial charge in [0.1, 0.15) is 5.52 Å². The van der Waals surface area contributed by atoms with Gasteiger partial charge < -0.3 is 8.60 Å². The third-order valence-corrected chi connectivity index (χ3v) is 5.96. The number of sulfone groups is 1. The van der Waals surface area contributed by atoms with Gasteiger partial charge in [0.05, 0.1) is 22.5 Å². The Kier molecular flexibility index (Phi) is 4.72. The van der Waals surface area contributed by atoms with Crippen LogP contribution in [0.4, 0.5) is 0 Å². The molecule has 0 spiro atoms. The highest BCUT2D eigenvalue weighted by molar-refractivity contribution is 7.91. The number of hydrogen-bond donors (Lipinski definition) is 0. The van der Waals surface area contributed by atoms with Crippen molar-refractivity contribution in [1.29, 1.82) is 0 Å². The van der Waals surface area contributed by atoms with Gasteiger partial charge in [0.25, 0.3) is 0 Å². The quantitative estimate of drug-likeness (QED) is 0.589. The van der Waals surface area contributed by atoms with E-state index in [-0.39, 0.29) is 32.9 Å². The number of aromatic nitrogens is 1. The molecule has 0 saturated carbocycles. The van der Waals surface area contributed by atoms with Gasteiger partial charge >= 0.3 is 10.1 Å². The summed E-state index contributed by atoms with van der Waals surface area (Å²) in [6.07, 6.45) is 0.908. The minimum atomic E-state index is -3.79. The van der Waals surface area contributed by atoms with Crippen LogP contribution in [0, 0.1) is 0 Å². The van der Waals surface area contributed by atoms with Gasteiger partial charge in [-0.2, -0.15) is 8.42 Å². The fourth-order valence-electron chi connectivity index (χ4n) is 2.29. The van der Waals surface area contributed by atoms with E-state index in [0.717, 1.165) is 6.26 Å². The van der Waals surface area contributed by atoms with E-state index < -0.39 is 20.0 Å². The molecule has 0 N–H and O–H groups in total. The zero-order valence-corrected chi connectivity index (χ0v) is 16.2. The molecule has 3 rings (SSSR count). The highest BCUT2D eigenvalue weighted by Gasteiger charge is 2.19. The molecule has 2 aromatic carbocycles. The van der Waals surface area contributed by atoms with Crippen molar-refractivity contribution in [2.75, 3.05) is 12.0 Å². The lowest BCUT2D eigenvalue weighted by atomic mass is 10.2. The van der Waals surface area contributed by atoms with Gasteiger partial charge in [-0.05, 0) is 30.3 Å². The van der Waals surface area contributed by atoms with Crippen molar-refractivity contribution in [3.8, 4) is 17.2 Å². The van der Waals surface area contributed by atoms with Crippen LogP contribution in [0.2, 0.25) is 5.02 Å². The first-order chi connectivity index (χ1) is 12.1. The fourth-order valence-corrected chi connectivity index (χ4v) is 3.81. The standard InChI is InChI=1S/C16H14ClNO6S2/c1-3-26(21,22)11-5-7-14-13(9-11)18-16(23-14)12-6-4-10(17)8-15(12)24-25(2,19)20/h4-9H,3H2,1-2H3. The van der Waals surface area contributed by atoms with Gasteiger partial charge in [0.15, 0.2) is 21.2 Å². The Hall–Kier alpha value is -2.10. The maximum Gasteiger partial charge on any atom is 0.306 e. The molecule has 7 nitrogen and oxygen atoms in total. The van der Waals surface area contributed by atoms with Gasteiger partial charge in [-0.3, -0.25) is 0 Å². The molecular weight excluding hydrogens is 402 g/mol. The molecule has 0 fully saturated rings. The van der Waals surface area contributed by atoms with Crippen molar-refractivity contribution in [2.45, 2.75) is 11.8 Å². The van der Waals surface area contributed by atoms with Crippen LogP contribution in [0.15, 0.2) is 45.7 Å². The van der Waals surface area contributed by atoms with Crippen LogP contribution in [0.1, 0.15) is 6.92 Å². The molecule has 10 heteroatoms. The molecular formula is C16H14ClNO6S2. The first kappa shape index (κ1) is 18.7. The van der Waals surface area contributed by atoms with Crippen LogP contribution in [-0.4, -0.2) is 33.8 Å². The third kappa shape index (κ3) is 3.84. The van der Waals surface area contributed by atoms with Crippen molar-refractivity contribution in [1.82, 2.24) is 4.98 Å². The number of hydrogen-bond acceptors (Lipinski definition) is 7. The van der Waals surface area contributed by atoms with Crippen molar-refractivity contribution < 1.29 is 25.4 Å². The Morgan fingerprint density at radius 2 is 1.85 bits per heavy atom. The van der Waals surface area contributed by atoms with Crippen molar-refractivity contribution in [3.63, 3.8) is 0 Å². The summed E-state index contributed by atoms with van der Waals surface area (Å²) in [5.41, 5.74) is 0.959. The van der Waals surface area contributed by atoms with E-state index in [4.69, 9.17) is 20.2 Å². The first-order valence-electron chi connectivity index (χ1n) is 7.42. The Morgan fingerprint density at radius 1 is 1.12 bits per heavy atom. The Morgan fingerprint density at radius 3 is 2.50 bits per heavy atom. The van der Waals surface area contributed by atoms with Crippen LogP contribution < -0.4 is 4.18 Å². The number of benzene rings is 2. The van der Waals surface area contributed by atoms with Crippen LogP contribution in [0.5, 0.6) is 5.75 Å². The minimum absolute atomic E-state index is 0.0343. The summed E-state index contributed by atoms with van der Waals surface area (Å²) in [4.78, 5) is 4.40. The second kappa shape index (κ2) is 6.57. The molecule has 26 heavy (non-hydrogen) atoms. The SMILES string of the molecule is CCS(=O)(=O)c1ccc2oc(-c3ccc(Cl)cc3OS(C)(=O)=O)nc2c1. The molecule has 1 heterocycles. The van der Waals surface area contributed by atoms with E-state index in [9.17, 15) is 16.8 Å². The Bertz CT molecular complexity index is 1200. The molecule has 0 atom stereocenters. The molecule has 3 aromatic rings. The van der Waals surface area contributed by atoms with Crippen LogP contribution in [-0.2, 0) is 20.0 Å². The number of oxazole rings is 1. The van der Waals surface area contributed by atoms with E-state index in [2.05, 4.69) is 4.98 Å². The third-order valence-electron chi connectivity index (χ3n) is 3.51. The topological polar surface area (TPSA) is 104 Å². The molecule has 1 aromatic heterocycles. The lowest BCUT2D eigenvalue weighted by Crippen LogP contribution is -2.06. The summed E-state index contributed by atoms with van der Waals surface area (Å²) >= 11 is 5.91. The zero-order chi connectivity index (χ0) is 19.1. The lowest BCUT2D eigenvalue weighted by Gasteiger charge is -2.07. The molecule has 0 aliphatic heterocycles. The second-order valence-corrected chi connectivity index (χ2v) is 9.77. The molecule has 0 saturated heterocycles. The summed E-state index contributed by atoms with van der Waals surface area (Å²) in [6, 6.07) is 8.73. The average molecular weight is 416 g/mol. The van der Waals surface area contributed by atoms with E-state index in [1.165, 1.54) is 36.4 Å². The van der Waals surface area contributed by atoms with Gasteiger partial charge in [-0.25, -0.2) is 13.4 Å². The summed E-state index contributed by atoms with van der Waals surface area (Å²) in [7, 11) is -7.18. The number of rotatable bonds is 5. The number of halogens is 1. The summed E-state index contributed by atoms with van der Waals surface area (Å²) < 4.78 is 57.5. The van der Waals surface area contributed by atoms with Crippen molar-refractivity contribution in [3.05, 3.63) is 41.4 Å². The molecule has 0 bridgehead atoms. The van der Waals surface area contributed by atoms with Crippen molar-refractivity contribution >= 4 is 42.7 Å². The average Bonchev–Trinajstić information content (AvgIpc) is 2.96. The summed E-state index contributed by atoms with van der Waals surface area (Å²) in [6.45, 7) is 1.55. The molecule has 138 valence electrons. The first-order valence-corrected chi connectivity index (χ1v) is 11.3. The lowest BCUT2D eigenvalue weighted by molar-refractivity contribution is 0.492. The minimum Gasteiger partial charge on any atom is -0.436 e. The number of fused-ring (bicyclic) bond motifs is 1. The molecule has 0 amide bonds. The predicted molar refractivity (Wildman–Crippen MR) is 97.7 cm³/mol. The maximum atomic E-state index is 12.0. The smallest absolute Gasteiger partial charge is 0.306 e. The molecule has 0 radical (unpaired) electrons. The highest BCUT2D eigenvalue weighted by atomic mass is 35.5. The van der Waals surface area contributed by atoms with Gasteiger partial charge in [0.2, 0.25) is 5.89 Å².